The number of nitro benzene ring substituents is 1. The number of nitrogens with one attached hydrogen (secondary N) is 1. The number of hydrogen-bond donors (Lipinski definition) is 1. The lowest BCUT2D eigenvalue weighted by Gasteiger charge is -2.29. The van der Waals surface area contributed by atoms with E-state index in [0.29, 0.717) is 5.69 Å². The van der Waals surface area contributed by atoms with Crippen LogP contribution in [0.15, 0.2) is 18.2 Å². The molecule has 0 heterocycles. The summed E-state index contributed by atoms with van der Waals surface area (Å²) < 4.78 is 18.6. The summed E-state index contributed by atoms with van der Waals surface area (Å²) in [7, 11) is 1.69. The quantitative estimate of drug-likeness (QED) is 0.673. The minimum atomic E-state index is -0.811. The zero-order valence-corrected chi connectivity index (χ0v) is 10.8. The number of hydrogen-bond acceptors (Lipinski definition) is 4. The van der Waals surface area contributed by atoms with E-state index in [-0.39, 0.29) is 12.1 Å². The molecule has 1 aromatic carbocycles. The zero-order chi connectivity index (χ0) is 13.8. The van der Waals surface area contributed by atoms with Gasteiger partial charge in [0.15, 0.2) is 0 Å². The van der Waals surface area contributed by atoms with Gasteiger partial charge in [0.1, 0.15) is 0 Å². The van der Waals surface area contributed by atoms with Crippen molar-refractivity contribution in [3.8, 4) is 0 Å². The fourth-order valence-electron chi connectivity index (χ4n) is 2.47. The van der Waals surface area contributed by atoms with Crippen molar-refractivity contribution in [2.75, 3.05) is 12.4 Å². The first-order chi connectivity index (χ1) is 9.10. The molecule has 2 rings (SSSR count). The number of ether oxygens (including phenoxy) is 1. The molecular formula is C13H17FN2O3. The maximum Gasteiger partial charge on any atom is 0.306 e. The number of benzene rings is 1. The summed E-state index contributed by atoms with van der Waals surface area (Å²) in [6, 6.07) is 4.10. The van der Waals surface area contributed by atoms with Crippen LogP contribution < -0.4 is 5.32 Å². The van der Waals surface area contributed by atoms with Gasteiger partial charge in [0.2, 0.25) is 5.82 Å². The van der Waals surface area contributed by atoms with Crippen molar-refractivity contribution in [3.05, 3.63) is 34.1 Å². The lowest BCUT2D eigenvalue weighted by Crippen LogP contribution is -2.31. The number of nitrogens with zero attached hydrogens (tertiary/aromatic N) is 1. The SMILES string of the molecule is COC1CCCC(Nc2ccc(F)c([N+](=O)[O-])c2)C1. The predicted octanol–water partition coefficient (Wildman–Crippen LogP) is 3.10. The van der Waals surface area contributed by atoms with Crippen LogP contribution in [0.1, 0.15) is 25.7 Å². The van der Waals surface area contributed by atoms with Gasteiger partial charge >= 0.3 is 5.69 Å². The molecule has 0 aliphatic heterocycles. The van der Waals surface area contributed by atoms with Gasteiger partial charge in [-0.15, -0.1) is 0 Å². The van der Waals surface area contributed by atoms with E-state index in [1.165, 1.54) is 12.1 Å². The Hall–Kier alpha value is -1.69. The molecule has 0 radical (unpaired) electrons. The van der Waals surface area contributed by atoms with E-state index in [1.807, 2.05) is 0 Å². The fraction of sp³-hybridized carbons (Fsp3) is 0.538. The van der Waals surface area contributed by atoms with Crippen molar-refractivity contribution in [1.29, 1.82) is 0 Å². The second-order valence-corrected chi connectivity index (χ2v) is 4.79. The Labute approximate surface area is 110 Å². The van der Waals surface area contributed by atoms with Crippen LogP contribution in [-0.4, -0.2) is 24.2 Å². The van der Waals surface area contributed by atoms with Gasteiger partial charge in [0, 0.05) is 24.9 Å². The standard InChI is InChI=1S/C13H17FN2O3/c1-19-11-4-2-3-9(7-11)15-10-5-6-12(14)13(8-10)16(17)18/h5-6,8-9,11,15H,2-4,7H2,1H3. The highest BCUT2D eigenvalue weighted by Gasteiger charge is 2.22. The Morgan fingerprint density at radius 2 is 2.26 bits per heavy atom. The molecule has 0 spiro atoms. The molecule has 1 saturated carbocycles. The van der Waals surface area contributed by atoms with Gasteiger partial charge in [-0.3, -0.25) is 10.1 Å². The lowest BCUT2D eigenvalue weighted by atomic mass is 9.92. The number of anilines is 1. The highest BCUT2D eigenvalue weighted by Crippen LogP contribution is 2.26. The van der Waals surface area contributed by atoms with Crippen molar-refractivity contribution >= 4 is 11.4 Å². The summed E-state index contributed by atoms with van der Waals surface area (Å²) in [5, 5.41) is 13.9. The topological polar surface area (TPSA) is 64.4 Å². The smallest absolute Gasteiger partial charge is 0.306 e. The lowest BCUT2D eigenvalue weighted by molar-refractivity contribution is -0.387. The maximum absolute atomic E-state index is 13.2. The normalized spacial score (nSPS) is 23.1. The third kappa shape index (κ3) is 3.41. The van der Waals surface area contributed by atoms with Gasteiger partial charge in [-0.1, -0.05) is 0 Å². The first-order valence-electron chi connectivity index (χ1n) is 6.33. The minimum Gasteiger partial charge on any atom is -0.382 e. The fourth-order valence-corrected chi connectivity index (χ4v) is 2.47. The Kier molecular flexibility index (Phi) is 4.31. The molecule has 1 aromatic rings. The number of nitro groups is 1. The van der Waals surface area contributed by atoms with Crippen LogP contribution in [-0.2, 0) is 4.74 Å². The van der Waals surface area contributed by atoms with E-state index >= 15 is 0 Å². The zero-order valence-electron chi connectivity index (χ0n) is 10.8. The van der Waals surface area contributed by atoms with E-state index in [0.717, 1.165) is 31.7 Å². The summed E-state index contributed by atoms with van der Waals surface area (Å²) >= 11 is 0. The maximum atomic E-state index is 13.2. The molecule has 1 aliphatic carbocycles. The summed E-state index contributed by atoms with van der Waals surface area (Å²) in [6.07, 6.45) is 4.17. The molecule has 19 heavy (non-hydrogen) atoms. The first kappa shape index (κ1) is 13.7. The van der Waals surface area contributed by atoms with E-state index in [1.54, 1.807) is 7.11 Å². The van der Waals surface area contributed by atoms with E-state index in [9.17, 15) is 14.5 Å². The molecule has 104 valence electrons. The Morgan fingerprint density at radius 1 is 1.47 bits per heavy atom. The van der Waals surface area contributed by atoms with E-state index in [2.05, 4.69) is 5.32 Å². The van der Waals surface area contributed by atoms with Crippen LogP contribution >= 0.6 is 0 Å². The molecule has 0 bridgehead atoms. The number of methoxy groups -OCH3 is 1. The van der Waals surface area contributed by atoms with Crippen LogP contribution in [0.4, 0.5) is 15.8 Å². The van der Waals surface area contributed by atoms with Crippen LogP contribution in [0.2, 0.25) is 0 Å². The van der Waals surface area contributed by atoms with Gasteiger partial charge in [0.25, 0.3) is 0 Å². The third-order valence-electron chi connectivity index (χ3n) is 3.47. The molecule has 0 aromatic heterocycles. The van der Waals surface area contributed by atoms with Crippen molar-refractivity contribution in [3.63, 3.8) is 0 Å². The summed E-state index contributed by atoms with van der Waals surface area (Å²) in [6.45, 7) is 0. The van der Waals surface area contributed by atoms with Crippen LogP contribution in [0.5, 0.6) is 0 Å². The number of rotatable bonds is 4. The summed E-state index contributed by atoms with van der Waals surface area (Å²) in [4.78, 5) is 9.97. The molecule has 1 N–H and O–H groups in total. The molecule has 2 atom stereocenters. The van der Waals surface area contributed by atoms with Gasteiger partial charge < -0.3 is 10.1 Å². The molecule has 0 saturated heterocycles. The van der Waals surface area contributed by atoms with Crippen molar-refractivity contribution in [1.82, 2.24) is 0 Å². The minimum absolute atomic E-state index is 0.212. The van der Waals surface area contributed by atoms with Gasteiger partial charge in [-0.25, -0.2) is 0 Å². The summed E-state index contributed by atoms with van der Waals surface area (Å²) in [5.74, 6) is -0.811. The predicted molar refractivity (Wildman–Crippen MR) is 69.7 cm³/mol. The molecule has 0 amide bonds. The van der Waals surface area contributed by atoms with Crippen LogP contribution in [0.3, 0.4) is 0 Å². The molecule has 6 heteroatoms. The average molecular weight is 268 g/mol. The Bertz CT molecular complexity index is 467. The first-order valence-corrected chi connectivity index (χ1v) is 6.33. The molecule has 1 fully saturated rings. The average Bonchev–Trinajstić information content (AvgIpc) is 2.41. The Balaban J connectivity index is 2.06. The largest absolute Gasteiger partial charge is 0.382 e. The molecule has 1 aliphatic rings. The van der Waals surface area contributed by atoms with E-state index < -0.39 is 16.4 Å². The van der Waals surface area contributed by atoms with Crippen molar-refractivity contribution in [2.24, 2.45) is 0 Å². The van der Waals surface area contributed by atoms with Gasteiger partial charge in [-0.2, -0.15) is 4.39 Å². The van der Waals surface area contributed by atoms with E-state index in [4.69, 9.17) is 4.74 Å². The van der Waals surface area contributed by atoms with Crippen LogP contribution in [0, 0.1) is 15.9 Å². The number of halogens is 1. The highest BCUT2D eigenvalue weighted by atomic mass is 19.1. The van der Waals surface area contributed by atoms with Crippen molar-refractivity contribution in [2.45, 2.75) is 37.8 Å². The molecule has 2 unspecified atom stereocenters. The highest BCUT2D eigenvalue weighted by molar-refractivity contribution is 5.52. The Morgan fingerprint density at radius 3 is 2.95 bits per heavy atom. The second kappa shape index (κ2) is 5.97. The van der Waals surface area contributed by atoms with Crippen LogP contribution in [0.25, 0.3) is 0 Å². The van der Waals surface area contributed by atoms with Gasteiger partial charge in [-0.05, 0) is 37.8 Å². The molecule has 5 nitrogen and oxygen atoms in total. The summed E-state index contributed by atoms with van der Waals surface area (Å²) in [5.41, 5.74) is 0.0824. The molecular weight excluding hydrogens is 251 g/mol. The monoisotopic (exact) mass is 268 g/mol. The van der Waals surface area contributed by atoms with Crippen molar-refractivity contribution < 1.29 is 14.1 Å². The third-order valence-corrected chi connectivity index (χ3v) is 3.47. The van der Waals surface area contributed by atoms with Gasteiger partial charge in [0.05, 0.1) is 11.0 Å². The second-order valence-electron chi connectivity index (χ2n) is 4.79.